The maximum atomic E-state index is 13.5. The highest BCUT2D eigenvalue weighted by atomic mass is 19.1. The minimum Gasteiger partial charge on any atom is -0.481 e. The van der Waals surface area contributed by atoms with E-state index in [9.17, 15) is 14.0 Å². The van der Waals surface area contributed by atoms with Crippen molar-refractivity contribution in [2.75, 3.05) is 19.6 Å². The largest absolute Gasteiger partial charge is 0.481 e. The van der Waals surface area contributed by atoms with Crippen molar-refractivity contribution in [1.82, 2.24) is 9.80 Å². The summed E-state index contributed by atoms with van der Waals surface area (Å²) in [7, 11) is 0. The van der Waals surface area contributed by atoms with Crippen molar-refractivity contribution in [2.45, 2.75) is 58.5 Å². The molecule has 0 saturated carbocycles. The van der Waals surface area contributed by atoms with Crippen LogP contribution in [0.4, 0.5) is 4.39 Å². The molecule has 1 saturated heterocycles. The molecule has 5 nitrogen and oxygen atoms in total. The van der Waals surface area contributed by atoms with E-state index in [2.05, 4.69) is 4.90 Å². The zero-order chi connectivity index (χ0) is 20.0. The van der Waals surface area contributed by atoms with E-state index in [1.165, 1.54) is 12.1 Å². The number of benzene rings is 1. The number of carboxylic acids is 1. The number of carbonyl (C=O) groups excluding carboxylic acids is 1. The summed E-state index contributed by atoms with van der Waals surface area (Å²) in [6.07, 6.45) is 2.84. The number of carboxylic acid groups (broad SMARTS) is 1. The van der Waals surface area contributed by atoms with Crippen molar-refractivity contribution in [2.24, 2.45) is 5.92 Å². The lowest BCUT2D eigenvalue weighted by molar-refractivity contribution is -0.139. The van der Waals surface area contributed by atoms with Gasteiger partial charge in [0.1, 0.15) is 5.82 Å². The Labute approximate surface area is 161 Å². The molecule has 1 amide bonds. The van der Waals surface area contributed by atoms with E-state index in [0.717, 1.165) is 31.5 Å². The van der Waals surface area contributed by atoms with Crippen molar-refractivity contribution in [3.05, 3.63) is 35.6 Å². The van der Waals surface area contributed by atoms with Gasteiger partial charge in [0.2, 0.25) is 5.91 Å². The average Bonchev–Trinajstić information content (AvgIpc) is 2.57. The lowest BCUT2D eigenvalue weighted by atomic mass is 9.93. The average molecular weight is 378 g/mol. The van der Waals surface area contributed by atoms with Gasteiger partial charge in [0.05, 0.1) is 6.54 Å². The quantitative estimate of drug-likeness (QED) is 0.788. The summed E-state index contributed by atoms with van der Waals surface area (Å²) in [5.74, 6) is -0.720. The predicted octanol–water partition coefficient (Wildman–Crippen LogP) is 3.53. The topological polar surface area (TPSA) is 60.9 Å². The van der Waals surface area contributed by atoms with E-state index in [1.54, 1.807) is 11.0 Å². The normalized spacial score (nSPS) is 18.3. The van der Waals surface area contributed by atoms with Crippen LogP contribution in [0.15, 0.2) is 24.3 Å². The van der Waals surface area contributed by atoms with Crippen molar-refractivity contribution >= 4 is 11.9 Å². The highest BCUT2D eigenvalue weighted by molar-refractivity contribution is 5.79. The van der Waals surface area contributed by atoms with E-state index < -0.39 is 5.97 Å². The van der Waals surface area contributed by atoms with Crippen LogP contribution in [0.25, 0.3) is 0 Å². The molecule has 1 atom stereocenters. The number of nitrogens with zero attached hydrogens (tertiary/aromatic N) is 2. The Morgan fingerprint density at radius 2 is 2.07 bits per heavy atom. The van der Waals surface area contributed by atoms with Crippen LogP contribution in [0.5, 0.6) is 0 Å². The molecule has 0 radical (unpaired) electrons. The van der Waals surface area contributed by atoms with Gasteiger partial charge in [0.25, 0.3) is 0 Å². The summed E-state index contributed by atoms with van der Waals surface area (Å²) in [4.78, 5) is 27.7. The Kier molecular flexibility index (Phi) is 7.36. The molecule has 27 heavy (non-hydrogen) atoms. The first-order valence-corrected chi connectivity index (χ1v) is 9.64. The molecule has 1 unspecified atom stereocenters. The second-order valence-corrected chi connectivity index (χ2v) is 8.46. The van der Waals surface area contributed by atoms with Crippen LogP contribution >= 0.6 is 0 Å². The number of aliphatic carboxylic acids is 1. The molecular weight excluding hydrogens is 347 g/mol. The number of hydrogen-bond acceptors (Lipinski definition) is 3. The summed E-state index contributed by atoms with van der Waals surface area (Å²) >= 11 is 0. The third-order valence-electron chi connectivity index (χ3n) is 5.07. The summed E-state index contributed by atoms with van der Waals surface area (Å²) in [6, 6.07) is 6.36. The van der Waals surface area contributed by atoms with Gasteiger partial charge in [-0.05, 0) is 70.2 Å². The van der Waals surface area contributed by atoms with E-state index in [-0.39, 0.29) is 23.7 Å². The van der Waals surface area contributed by atoms with Crippen LogP contribution in [0, 0.1) is 11.7 Å². The standard InChI is InChI=1S/C21H31FN2O3/c1-21(2,3)24(14-17-6-4-8-18(22)12-17)19(25)15-23-11-5-7-16(13-23)9-10-20(26)27/h4,6,8,12,16H,5,7,9-11,13-15H2,1-3H3,(H,26,27). The SMILES string of the molecule is CC(C)(C)N(Cc1cccc(F)c1)C(=O)CN1CCCC(CCC(=O)O)C1. The fourth-order valence-electron chi connectivity index (χ4n) is 3.65. The van der Waals surface area contributed by atoms with Crippen LogP contribution in [-0.4, -0.2) is 52.0 Å². The summed E-state index contributed by atoms with van der Waals surface area (Å²) in [5.41, 5.74) is 0.401. The van der Waals surface area contributed by atoms with Gasteiger partial charge < -0.3 is 10.0 Å². The molecule has 0 bridgehead atoms. The van der Waals surface area contributed by atoms with Gasteiger partial charge >= 0.3 is 5.97 Å². The molecule has 1 heterocycles. The second kappa shape index (κ2) is 9.31. The predicted molar refractivity (Wildman–Crippen MR) is 103 cm³/mol. The van der Waals surface area contributed by atoms with Gasteiger partial charge in [-0.15, -0.1) is 0 Å². The number of halogens is 1. The Morgan fingerprint density at radius 1 is 1.33 bits per heavy atom. The molecule has 1 aliphatic rings. The first-order valence-electron chi connectivity index (χ1n) is 9.64. The van der Waals surface area contributed by atoms with Crippen molar-refractivity contribution in [3.8, 4) is 0 Å². The second-order valence-electron chi connectivity index (χ2n) is 8.46. The van der Waals surface area contributed by atoms with E-state index in [1.807, 2.05) is 26.8 Å². The molecule has 0 spiro atoms. The zero-order valence-electron chi connectivity index (χ0n) is 16.6. The number of piperidine rings is 1. The smallest absolute Gasteiger partial charge is 0.303 e. The molecule has 2 rings (SSSR count). The maximum Gasteiger partial charge on any atom is 0.303 e. The molecular formula is C21H31FN2O3. The van der Waals surface area contributed by atoms with Gasteiger partial charge in [0, 0.05) is 25.0 Å². The Morgan fingerprint density at radius 3 is 2.70 bits per heavy atom. The monoisotopic (exact) mass is 378 g/mol. The van der Waals surface area contributed by atoms with Gasteiger partial charge in [-0.1, -0.05) is 12.1 Å². The Hall–Kier alpha value is -1.95. The lowest BCUT2D eigenvalue weighted by Gasteiger charge is -2.39. The minimum atomic E-state index is -0.766. The molecule has 1 aliphatic heterocycles. The van der Waals surface area contributed by atoms with Crippen LogP contribution in [0.1, 0.15) is 52.0 Å². The molecule has 1 aromatic rings. The summed E-state index contributed by atoms with van der Waals surface area (Å²) in [6.45, 7) is 8.25. The summed E-state index contributed by atoms with van der Waals surface area (Å²) < 4.78 is 13.5. The van der Waals surface area contributed by atoms with Crippen LogP contribution in [0.2, 0.25) is 0 Å². The van der Waals surface area contributed by atoms with Gasteiger partial charge in [0.15, 0.2) is 0 Å². The van der Waals surface area contributed by atoms with E-state index in [4.69, 9.17) is 5.11 Å². The minimum absolute atomic E-state index is 0.0191. The lowest BCUT2D eigenvalue weighted by Crippen LogP contribution is -2.50. The molecule has 1 N–H and O–H groups in total. The fourth-order valence-corrected chi connectivity index (χ4v) is 3.65. The first-order chi connectivity index (χ1) is 12.6. The van der Waals surface area contributed by atoms with Gasteiger partial charge in [-0.3, -0.25) is 14.5 Å². The van der Waals surface area contributed by atoms with E-state index >= 15 is 0 Å². The molecule has 1 fully saturated rings. The molecule has 0 aliphatic carbocycles. The Bertz CT molecular complexity index is 657. The number of hydrogen-bond donors (Lipinski definition) is 1. The van der Waals surface area contributed by atoms with Crippen molar-refractivity contribution in [3.63, 3.8) is 0 Å². The highest BCUT2D eigenvalue weighted by Crippen LogP contribution is 2.23. The van der Waals surface area contributed by atoms with Crippen molar-refractivity contribution < 1.29 is 19.1 Å². The number of carbonyl (C=O) groups is 2. The van der Waals surface area contributed by atoms with Crippen LogP contribution in [0.3, 0.4) is 0 Å². The third kappa shape index (κ3) is 6.94. The third-order valence-corrected chi connectivity index (χ3v) is 5.07. The maximum absolute atomic E-state index is 13.5. The number of amides is 1. The molecule has 1 aromatic carbocycles. The van der Waals surface area contributed by atoms with Crippen LogP contribution in [-0.2, 0) is 16.1 Å². The summed E-state index contributed by atoms with van der Waals surface area (Å²) in [5, 5.41) is 8.88. The molecule has 0 aromatic heterocycles. The first kappa shape index (κ1) is 21.4. The molecule has 6 heteroatoms. The molecule has 150 valence electrons. The number of likely N-dealkylation sites (tertiary alicyclic amines) is 1. The fraction of sp³-hybridized carbons (Fsp3) is 0.619. The van der Waals surface area contributed by atoms with Gasteiger partial charge in [-0.25, -0.2) is 4.39 Å². The van der Waals surface area contributed by atoms with Crippen molar-refractivity contribution in [1.29, 1.82) is 0 Å². The van der Waals surface area contributed by atoms with E-state index in [0.29, 0.717) is 25.4 Å². The zero-order valence-corrected chi connectivity index (χ0v) is 16.6. The highest BCUT2D eigenvalue weighted by Gasteiger charge is 2.29. The Balaban J connectivity index is 1.99. The number of rotatable bonds is 7. The van der Waals surface area contributed by atoms with Crippen LogP contribution < -0.4 is 0 Å². The van der Waals surface area contributed by atoms with Gasteiger partial charge in [-0.2, -0.15) is 0 Å².